The lowest BCUT2D eigenvalue weighted by atomic mass is 9.95. The molecule has 0 bridgehead atoms. The van der Waals surface area contributed by atoms with Crippen LogP contribution in [0.5, 0.6) is 0 Å². The van der Waals surface area contributed by atoms with Crippen LogP contribution in [0.1, 0.15) is 55.4 Å². The second kappa shape index (κ2) is 7.22. The zero-order valence-electron chi connectivity index (χ0n) is 13.8. The molecule has 120 valence electrons. The van der Waals surface area contributed by atoms with E-state index < -0.39 is 17.4 Å². The first-order chi connectivity index (χ1) is 8.81. The predicted octanol–water partition coefficient (Wildman–Crippen LogP) is 5.22. The average Bonchev–Trinajstić information content (AvgIpc) is 2.24. The van der Waals surface area contributed by atoms with Gasteiger partial charge in [0.2, 0.25) is 0 Å². The van der Waals surface area contributed by atoms with Crippen LogP contribution in [-0.4, -0.2) is 28.1 Å². The van der Waals surface area contributed by atoms with Crippen molar-refractivity contribution < 1.29 is 14.3 Å². The molecule has 2 unspecified atom stereocenters. The third kappa shape index (κ3) is 5.69. The largest absolute Gasteiger partial charge is 0.509 e. The quantitative estimate of drug-likeness (QED) is 0.495. The van der Waals surface area contributed by atoms with Gasteiger partial charge in [-0.25, -0.2) is 4.79 Å². The van der Waals surface area contributed by atoms with E-state index in [1.54, 1.807) is 27.7 Å². The molecule has 0 aliphatic carbocycles. The first-order valence-corrected chi connectivity index (χ1v) is 7.88. The molecule has 0 amide bonds. The number of ether oxygens (including phenoxy) is 2. The predicted molar refractivity (Wildman–Crippen MR) is 84.7 cm³/mol. The summed E-state index contributed by atoms with van der Waals surface area (Å²) in [7, 11) is 0. The zero-order chi connectivity index (χ0) is 16.3. The molecule has 0 N–H and O–H groups in total. The molecule has 0 fully saturated rings. The van der Waals surface area contributed by atoms with E-state index in [1.807, 2.05) is 27.7 Å². The van der Waals surface area contributed by atoms with Crippen LogP contribution in [0.25, 0.3) is 0 Å². The molecule has 2 atom stereocenters. The van der Waals surface area contributed by atoms with Crippen LogP contribution in [0.15, 0.2) is 0 Å². The molecule has 0 aromatic carbocycles. The number of carbonyl (C=O) groups is 1. The molecule has 0 saturated carbocycles. The molecule has 0 radical (unpaired) electrons. The molecule has 0 aliphatic rings. The summed E-state index contributed by atoms with van der Waals surface area (Å²) in [6.45, 7) is 15.0. The SMILES string of the molecule is CC(C)C(Cl)C(C)(C)OC(=O)OC(C)(C)C(Cl)C(C)C. The molecule has 20 heavy (non-hydrogen) atoms. The van der Waals surface area contributed by atoms with Gasteiger partial charge in [0.15, 0.2) is 0 Å². The number of hydrogen-bond donors (Lipinski definition) is 0. The van der Waals surface area contributed by atoms with Crippen molar-refractivity contribution in [3.8, 4) is 0 Å². The van der Waals surface area contributed by atoms with Crippen LogP contribution in [0.3, 0.4) is 0 Å². The maximum Gasteiger partial charge on any atom is 0.509 e. The van der Waals surface area contributed by atoms with Gasteiger partial charge in [0.25, 0.3) is 0 Å². The average molecular weight is 327 g/mol. The van der Waals surface area contributed by atoms with E-state index in [1.165, 1.54) is 0 Å². The van der Waals surface area contributed by atoms with Crippen molar-refractivity contribution in [2.24, 2.45) is 11.8 Å². The highest BCUT2D eigenvalue weighted by molar-refractivity contribution is 6.21. The third-order valence-electron chi connectivity index (χ3n) is 3.19. The minimum atomic E-state index is -0.803. The summed E-state index contributed by atoms with van der Waals surface area (Å²) in [5, 5.41) is -0.592. The highest BCUT2D eigenvalue weighted by atomic mass is 35.5. The standard InChI is InChI=1S/C15H28Cl2O3/c1-9(2)11(16)14(5,6)19-13(18)20-15(7,8)12(17)10(3)4/h9-12H,1-8H3. The molecule has 5 heteroatoms. The van der Waals surface area contributed by atoms with E-state index >= 15 is 0 Å². The Morgan fingerprint density at radius 3 is 1.25 bits per heavy atom. The molecule has 0 heterocycles. The highest BCUT2D eigenvalue weighted by Gasteiger charge is 2.39. The Kier molecular flexibility index (Phi) is 7.16. The maximum atomic E-state index is 12.0. The fraction of sp³-hybridized carbons (Fsp3) is 0.933. The van der Waals surface area contributed by atoms with Gasteiger partial charge in [-0.2, -0.15) is 0 Å². The summed E-state index contributed by atoms with van der Waals surface area (Å²) in [5.74, 6) is 0.368. The molecule has 0 rings (SSSR count). The maximum absolute atomic E-state index is 12.0. The minimum absolute atomic E-state index is 0.184. The number of alkyl halides is 2. The fourth-order valence-electron chi connectivity index (χ4n) is 2.17. The van der Waals surface area contributed by atoms with Crippen molar-refractivity contribution >= 4 is 29.4 Å². The lowest BCUT2D eigenvalue weighted by Gasteiger charge is -2.35. The third-order valence-corrected chi connectivity index (χ3v) is 5.25. The van der Waals surface area contributed by atoms with Crippen molar-refractivity contribution in [3.05, 3.63) is 0 Å². The van der Waals surface area contributed by atoms with Gasteiger partial charge in [-0.05, 0) is 39.5 Å². The first-order valence-electron chi connectivity index (χ1n) is 7.01. The molecule has 0 aromatic heterocycles. The van der Waals surface area contributed by atoms with E-state index in [-0.39, 0.29) is 22.6 Å². The molecule has 0 spiro atoms. The van der Waals surface area contributed by atoms with Gasteiger partial charge in [-0.15, -0.1) is 23.2 Å². The van der Waals surface area contributed by atoms with E-state index in [2.05, 4.69) is 0 Å². The van der Waals surface area contributed by atoms with E-state index in [4.69, 9.17) is 32.7 Å². The summed E-state index contributed by atoms with van der Waals surface area (Å²) >= 11 is 12.6. The van der Waals surface area contributed by atoms with Crippen molar-refractivity contribution in [2.75, 3.05) is 0 Å². The van der Waals surface area contributed by atoms with Crippen LogP contribution >= 0.6 is 23.2 Å². The van der Waals surface area contributed by atoms with Crippen LogP contribution in [-0.2, 0) is 9.47 Å². The van der Waals surface area contributed by atoms with Crippen molar-refractivity contribution in [3.63, 3.8) is 0 Å². The van der Waals surface area contributed by atoms with E-state index in [0.717, 1.165) is 0 Å². The van der Waals surface area contributed by atoms with Crippen molar-refractivity contribution in [1.29, 1.82) is 0 Å². The van der Waals surface area contributed by atoms with Crippen molar-refractivity contribution in [1.82, 2.24) is 0 Å². The molecular weight excluding hydrogens is 299 g/mol. The summed E-state index contributed by atoms with van der Waals surface area (Å²) in [6.07, 6.45) is -0.738. The Balaban J connectivity index is 4.72. The number of carbonyl (C=O) groups excluding carboxylic acids is 1. The summed E-state index contributed by atoms with van der Waals surface area (Å²) in [6, 6.07) is 0. The molecular formula is C15H28Cl2O3. The number of hydrogen-bond acceptors (Lipinski definition) is 3. The fourth-order valence-corrected chi connectivity index (χ4v) is 2.26. The Labute approximate surface area is 133 Å². The Morgan fingerprint density at radius 2 is 1.05 bits per heavy atom. The van der Waals surface area contributed by atoms with Crippen LogP contribution in [0.2, 0.25) is 0 Å². The Hall–Kier alpha value is -0.150. The smallest absolute Gasteiger partial charge is 0.427 e. The molecule has 0 aliphatic heterocycles. The van der Waals surface area contributed by atoms with Gasteiger partial charge in [0.05, 0.1) is 10.8 Å². The first kappa shape index (κ1) is 19.9. The van der Waals surface area contributed by atoms with E-state index in [9.17, 15) is 4.79 Å². The van der Waals surface area contributed by atoms with Crippen molar-refractivity contribution in [2.45, 2.75) is 77.3 Å². The van der Waals surface area contributed by atoms with Gasteiger partial charge < -0.3 is 9.47 Å². The molecule has 0 saturated heterocycles. The Bertz CT molecular complexity index is 295. The van der Waals surface area contributed by atoms with Crippen LogP contribution in [0, 0.1) is 11.8 Å². The number of halogens is 2. The highest BCUT2D eigenvalue weighted by Crippen LogP contribution is 2.30. The Morgan fingerprint density at radius 1 is 0.800 bits per heavy atom. The lowest BCUT2D eigenvalue weighted by molar-refractivity contribution is -0.0665. The summed E-state index contributed by atoms with van der Waals surface area (Å²) in [4.78, 5) is 12.0. The number of rotatable bonds is 6. The summed E-state index contributed by atoms with van der Waals surface area (Å²) < 4.78 is 10.7. The second-order valence-corrected chi connectivity index (χ2v) is 7.89. The second-order valence-electron chi connectivity index (χ2n) is 6.95. The zero-order valence-corrected chi connectivity index (χ0v) is 15.3. The van der Waals surface area contributed by atoms with Crippen LogP contribution in [0.4, 0.5) is 4.79 Å². The minimum Gasteiger partial charge on any atom is -0.427 e. The molecule has 3 nitrogen and oxygen atoms in total. The summed E-state index contributed by atoms with van der Waals surface area (Å²) in [5.41, 5.74) is -1.61. The van der Waals surface area contributed by atoms with Gasteiger partial charge >= 0.3 is 6.16 Å². The van der Waals surface area contributed by atoms with Gasteiger partial charge in [-0.3, -0.25) is 0 Å². The van der Waals surface area contributed by atoms with Crippen LogP contribution < -0.4 is 0 Å². The van der Waals surface area contributed by atoms with Gasteiger partial charge in [0.1, 0.15) is 11.2 Å². The van der Waals surface area contributed by atoms with Gasteiger partial charge in [0, 0.05) is 0 Å². The van der Waals surface area contributed by atoms with E-state index in [0.29, 0.717) is 0 Å². The normalized spacial score (nSPS) is 16.2. The molecule has 0 aromatic rings. The topological polar surface area (TPSA) is 35.5 Å². The monoisotopic (exact) mass is 326 g/mol. The van der Waals surface area contributed by atoms with Gasteiger partial charge in [-0.1, -0.05) is 27.7 Å². The lowest BCUT2D eigenvalue weighted by Crippen LogP contribution is -2.45.